The summed E-state index contributed by atoms with van der Waals surface area (Å²) in [6.45, 7) is 1.68. The van der Waals surface area contributed by atoms with E-state index in [0.29, 0.717) is 12.8 Å². The number of fused-ring (bicyclic) bond motifs is 1. The normalized spacial score (nSPS) is 21.8. The molecule has 2 heterocycles. The number of benzene rings is 1. The van der Waals surface area contributed by atoms with Crippen LogP contribution in [0.3, 0.4) is 0 Å². The van der Waals surface area contributed by atoms with Crippen LogP contribution < -0.4 is 11.0 Å². The number of aromatic nitrogens is 3. The summed E-state index contributed by atoms with van der Waals surface area (Å²) >= 11 is 6.17. The SMILES string of the molecule is CC1(O)CC(Nc2nc(=O)n(-c3ccccc3Cl)c3nc(C(F)(F)F)ccc23)C1. The number of hydrogen-bond acceptors (Lipinski definition) is 5. The Labute approximate surface area is 168 Å². The number of aliphatic hydroxyl groups is 1. The molecule has 0 radical (unpaired) electrons. The summed E-state index contributed by atoms with van der Waals surface area (Å²) in [5, 5.41) is 13.3. The van der Waals surface area contributed by atoms with Crippen LogP contribution in [0, 0.1) is 0 Å². The van der Waals surface area contributed by atoms with Crippen molar-refractivity contribution in [1.82, 2.24) is 14.5 Å². The second kappa shape index (κ2) is 6.70. The van der Waals surface area contributed by atoms with E-state index in [9.17, 15) is 23.1 Å². The minimum absolute atomic E-state index is 0.120. The quantitative estimate of drug-likeness (QED) is 0.669. The van der Waals surface area contributed by atoms with E-state index in [1.165, 1.54) is 18.2 Å². The highest BCUT2D eigenvalue weighted by Crippen LogP contribution is 2.35. The molecule has 1 aliphatic rings. The molecule has 1 fully saturated rings. The van der Waals surface area contributed by atoms with Crippen molar-refractivity contribution < 1.29 is 18.3 Å². The molecule has 0 spiro atoms. The maximum Gasteiger partial charge on any atom is 0.433 e. The molecular weight excluding hydrogens is 409 g/mol. The molecular formula is C19H16ClF3N4O2. The third-order valence-electron chi connectivity index (χ3n) is 4.84. The molecule has 4 rings (SSSR count). The van der Waals surface area contributed by atoms with Crippen molar-refractivity contribution in [1.29, 1.82) is 0 Å². The standard InChI is InChI=1S/C19H16ClF3N4O2/c1-18(29)8-10(9-18)24-15-11-6-7-14(19(21,22)23)25-16(11)27(17(28)26-15)13-5-3-2-4-12(13)20/h2-7,10,29H,8-9H2,1H3,(H,24,26,28). The van der Waals surface area contributed by atoms with E-state index in [0.717, 1.165) is 10.6 Å². The number of para-hydroxylation sites is 1. The molecule has 0 unspecified atom stereocenters. The van der Waals surface area contributed by atoms with Crippen molar-refractivity contribution in [3.8, 4) is 5.69 Å². The fourth-order valence-electron chi connectivity index (χ4n) is 3.52. The van der Waals surface area contributed by atoms with Crippen LogP contribution in [0.2, 0.25) is 5.02 Å². The Morgan fingerprint density at radius 3 is 2.52 bits per heavy atom. The van der Waals surface area contributed by atoms with Gasteiger partial charge in [0.05, 0.1) is 21.7 Å². The number of alkyl halides is 3. The minimum Gasteiger partial charge on any atom is -0.390 e. The van der Waals surface area contributed by atoms with Crippen LogP contribution in [-0.2, 0) is 6.18 Å². The van der Waals surface area contributed by atoms with Crippen LogP contribution in [0.1, 0.15) is 25.5 Å². The molecule has 29 heavy (non-hydrogen) atoms. The number of hydrogen-bond donors (Lipinski definition) is 2. The number of nitrogens with zero attached hydrogens (tertiary/aromatic N) is 3. The summed E-state index contributed by atoms with van der Waals surface area (Å²) < 4.78 is 40.7. The highest BCUT2D eigenvalue weighted by atomic mass is 35.5. The molecule has 0 saturated heterocycles. The summed E-state index contributed by atoms with van der Waals surface area (Å²) in [6, 6.07) is 8.18. The van der Waals surface area contributed by atoms with Gasteiger partial charge in [-0.3, -0.25) is 0 Å². The third kappa shape index (κ3) is 3.67. The van der Waals surface area contributed by atoms with Crippen LogP contribution in [0.4, 0.5) is 19.0 Å². The average molecular weight is 425 g/mol. The molecule has 2 N–H and O–H groups in total. The lowest BCUT2D eigenvalue weighted by atomic mass is 9.77. The number of nitrogens with one attached hydrogen (secondary N) is 1. The van der Waals surface area contributed by atoms with Gasteiger partial charge in [-0.2, -0.15) is 18.2 Å². The zero-order chi connectivity index (χ0) is 21.0. The lowest BCUT2D eigenvalue weighted by molar-refractivity contribution is -0.141. The second-order valence-corrected chi connectivity index (χ2v) is 7.75. The fraction of sp³-hybridized carbons (Fsp3) is 0.316. The van der Waals surface area contributed by atoms with Gasteiger partial charge in [-0.15, -0.1) is 0 Å². The fourth-order valence-corrected chi connectivity index (χ4v) is 3.74. The Hall–Kier alpha value is -2.65. The first-order valence-corrected chi connectivity index (χ1v) is 9.18. The molecule has 152 valence electrons. The van der Waals surface area contributed by atoms with Crippen LogP contribution in [-0.4, -0.2) is 31.3 Å². The smallest absolute Gasteiger partial charge is 0.390 e. The molecule has 2 aromatic heterocycles. The van der Waals surface area contributed by atoms with Crippen molar-refractivity contribution in [2.45, 2.75) is 37.6 Å². The van der Waals surface area contributed by atoms with Crippen molar-refractivity contribution in [2.24, 2.45) is 0 Å². The first-order chi connectivity index (χ1) is 13.5. The average Bonchev–Trinajstić information content (AvgIpc) is 2.60. The van der Waals surface area contributed by atoms with Crippen LogP contribution in [0.5, 0.6) is 0 Å². The molecule has 0 aliphatic heterocycles. The van der Waals surface area contributed by atoms with E-state index < -0.39 is 23.2 Å². The molecule has 10 heteroatoms. The minimum atomic E-state index is -4.68. The third-order valence-corrected chi connectivity index (χ3v) is 5.16. The van der Waals surface area contributed by atoms with Gasteiger partial charge in [0.1, 0.15) is 11.5 Å². The van der Waals surface area contributed by atoms with E-state index in [1.54, 1.807) is 19.1 Å². The summed E-state index contributed by atoms with van der Waals surface area (Å²) in [4.78, 5) is 20.5. The molecule has 1 aliphatic carbocycles. The number of rotatable bonds is 3. The van der Waals surface area contributed by atoms with Crippen LogP contribution in [0.25, 0.3) is 16.7 Å². The molecule has 0 bridgehead atoms. The Kier molecular flexibility index (Phi) is 4.54. The van der Waals surface area contributed by atoms with Gasteiger partial charge in [0.2, 0.25) is 0 Å². The van der Waals surface area contributed by atoms with Gasteiger partial charge >= 0.3 is 11.9 Å². The van der Waals surface area contributed by atoms with E-state index in [-0.39, 0.29) is 33.6 Å². The molecule has 1 aromatic carbocycles. The molecule has 3 aromatic rings. The van der Waals surface area contributed by atoms with Gasteiger partial charge in [0.25, 0.3) is 0 Å². The summed E-state index contributed by atoms with van der Waals surface area (Å²) in [7, 11) is 0. The summed E-state index contributed by atoms with van der Waals surface area (Å²) in [5.74, 6) is 0.120. The first-order valence-electron chi connectivity index (χ1n) is 8.80. The zero-order valence-corrected chi connectivity index (χ0v) is 15.9. The van der Waals surface area contributed by atoms with Crippen LogP contribution in [0.15, 0.2) is 41.2 Å². The first kappa shape index (κ1) is 19.7. The summed E-state index contributed by atoms with van der Waals surface area (Å²) in [5.41, 5.74) is -2.79. The van der Waals surface area contributed by atoms with Crippen molar-refractivity contribution in [3.05, 3.63) is 57.6 Å². The van der Waals surface area contributed by atoms with Gasteiger partial charge in [0, 0.05) is 6.04 Å². The van der Waals surface area contributed by atoms with Gasteiger partial charge < -0.3 is 10.4 Å². The van der Waals surface area contributed by atoms with E-state index in [4.69, 9.17) is 11.6 Å². The zero-order valence-electron chi connectivity index (χ0n) is 15.2. The monoisotopic (exact) mass is 424 g/mol. The van der Waals surface area contributed by atoms with Gasteiger partial charge in [0.15, 0.2) is 5.65 Å². The predicted molar refractivity (Wildman–Crippen MR) is 102 cm³/mol. The van der Waals surface area contributed by atoms with Gasteiger partial charge in [-0.05, 0) is 44.0 Å². The number of anilines is 1. The molecule has 1 saturated carbocycles. The highest BCUT2D eigenvalue weighted by molar-refractivity contribution is 6.32. The molecule has 0 atom stereocenters. The predicted octanol–water partition coefficient (Wildman–Crippen LogP) is 3.78. The Balaban J connectivity index is 1.93. The van der Waals surface area contributed by atoms with E-state index >= 15 is 0 Å². The van der Waals surface area contributed by atoms with Gasteiger partial charge in [-0.1, -0.05) is 23.7 Å². The molecule has 0 amide bonds. The maximum absolute atomic E-state index is 13.3. The largest absolute Gasteiger partial charge is 0.433 e. The van der Waals surface area contributed by atoms with Crippen molar-refractivity contribution >= 4 is 28.5 Å². The van der Waals surface area contributed by atoms with Crippen molar-refractivity contribution in [2.75, 3.05) is 5.32 Å². The second-order valence-electron chi connectivity index (χ2n) is 7.34. The lowest BCUT2D eigenvalue weighted by Gasteiger charge is -2.41. The Bertz CT molecular complexity index is 1150. The van der Waals surface area contributed by atoms with Gasteiger partial charge in [-0.25, -0.2) is 14.3 Å². The number of pyridine rings is 1. The van der Waals surface area contributed by atoms with E-state index in [1.807, 2.05) is 0 Å². The molecule has 6 nitrogen and oxygen atoms in total. The highest BCUT2D eigenvalue weighted by Gasteiger charge is 2.39. The topological polar surface area (TPSA) is 80.0 Å². The number of halogens is 4. The van der Waals surface area contributed by atoms with Crippen LogP contribution >= 0.6 is 11.6 Å². The maximum atomic E-state index is 13.3. The van der Waals surface area contributed by atoms with E-state index in [2.05, 4.69) is 15.3 Å². The van der Waals surface area contributed by atoms with Crippen molar-refractivity contribution in [3.63, 3.8) is 0 Å². The summed E-state index contributed by atoms with van der Waals surface area (Å²) in [6.07, 6.45) is -3.82. The Morgan fingerprint density at radius 1 is 1.21 bits per heavy atom. The Morgan fingerprint density at radius 2 is 1.90 bits per heavy atom. The lowest BCUT2D eigenvalue weighted by Crippen LogP contribution is -2.48.